The van der Waals surface area contributed by atoms with E-state index in [0.717, 1.165) is 10.9 Å². The van der Waals surface area contributed by atoms with E-state index in [1.165, 1.54) is 11.8 Å². The number of carbonyl (C=O) groups excluding carboxylic acids is 1. The van der Waals surface area contributed by atoms with Crippen LogP contribution in [0.25, 0.3) is 0 Å². The first-order chi connectivity index (χ1) is 9.63. The molecule has 2 amide bonds. The van der Waals surface area contributed by atoms with Crippen molar-refractivity contribution in [1.29, 1.82) is 0 Å². The van der Waals surface area contributed by atoms with Crippen molar-refractivity contribution in [2.75, 3.05) is 0 Å². The highest BCUT2D eigenvalue weighted by Crippen LogP contribution is 2.11. The molecule has 106 valence electrons. The second-order valence-corrected chi connectivity index (χ2v) is 5.47. The van der Waals surface area contributed by atoms with Crippen LogP contribution in [-0.4, -0.2) is 17.2 Å². The molecular formula is C14H16BrN3O2. The van der Waals surface area contributed by atoms with Gasteiger partial charge in [0.15, 0.2) is 0 Å². The number of hydrogen-bond acceptors (Lipinski definition) is 3. The summed E-state index contributed by atoms with van der Waals surface area (Å²) in [6, 6.07) is 9.61. The van der Waals surface area contributed by atoms with Crippen molar-refractivity contribution in [2.45, 2.75) is 25.9 Å². The molecule has 0 aliphatic rings. The summed E-state index contributed by atoms with van der Waals surface area (Å²) in [5.74, 6) is 0. The van der Waals surface area contributed by atoms with Crippen LogP contribution in [0.15, 0.2) is 45.6 Å². The second-order valence-electron chi connectivity index (χ2n) is 4.55. The zero-order valence-electron chi connectivity index (χ0n) is 11.1. The van der Waals surface area contributed by atoms with Gasteiger partial charge in [-0.2, -0.15) is 0 Å². The molecule has 0 bridgehead atoms. The van der Waals surface area contributed by atoms with Crippen molar-refractivity contribution in [2.24, 2.45) is 0 Å². The fraction of sp³-hybridized carbons (Fsp3) is 0.286. The van der Waals surface area contributed by atoms with Gasteiger partial charge in [-0.15, -0.1) is 0 Å². The number of carbonyl (C=O) groups is 1. The van der Waals surface area contributed by atoms with E-state index in [9.17, 15) is 4.79 Å². The van der Waals surface area contributed by atoms with Crippen LogP contribution in [-0.2, 0) is 13.0 Å². The summed E-state index contributed by atoms with van der Waals surface area (Å²) in [4.78, 5) is 11.7. The predicted molar refractivity (Wildman–Crippen MR) is 79.2 cm³/mol. The van der Waals surface area contributed by atoms with E-state index in [-0.39, 0.29) is 12.1 Å². The maximum absolute atomic E-state index is 11.7. The normalized spacial score (nSPS) is 11.9. The molecule has 0 saturated heterocycles. The average Bonchev–Trinajstić information content (AvgIpc) is 2.92. The lowest BCUT2D eigenvalue weighted by atomic mass is 10.1. The SMILES string of the molecule is CC(Cc1ccc(Br)cc1)NC(=O)NCc1ccon1. The summed E-state index contributed by atoms with van der Waals surface area (Å²) in [7, 11) is 0. The molecule has 20 heavy (non-hydrogen) atoms. The Morgan fingerprint density at radius 1 is 1.35 bits per heavy atom. The Kier molecular flexibility index (Phi) is 5.17. The fourth-order valence-corrected chi connectivity index (χ4v) is 2.06. The summed E-state index contributed by atoms with van der Waals surface area (Å²) in [6.45, 7) is 2.32. The fourth-order valence-electron chi connectivity index (χ4n) is 1.80. The van der Waals surface area contributed by atoms with Gasteiger partial charge in [0, 0.05) is 16.6 Å². The highest BCUT2D eigenvalue weighted by atomic mass is 79.9. The first-order valence-corrected chi connectivity index (χ1v) is 7.11. The molecule has 2 rings (SSSR count). The van der Waals surface area contributed by atoms with Gasteiger partial charge in [0.2, 0.25) is 0 Å². The molecule has 0 spiro atoms. The number of halogens is 1. The van der Waals surface area contributed by atoms with E-state index >= 15 is 0 Å². The van der Waals surface area contributed by atoms with E-state index in [2.05, 4.69) is 31.7 Å². The average molecular weight is 338 g/mol. The molecule has 2 N–H and O–H groups in total. The highest BCUT2D eigenvalue weighted by Gasteiger charge is 2.08. The monoisotopic (exact) mass is 337 g/mol. The van der Waals surface area contributed by atoms with Gasteiger partial charge in [-0.25, -0.2) is 4.79 Å². The standard InChI is InChI=1S/C14H16BrN3O2/c1-10(8-11-2-4-12(15)5-3-11)17-14(19)16-9-13-6-7-20-18-13/h2-7,10H,8-9H2,1H3,(H2,16,17,19). The van der Waals surface area contributed by atoms with Crippen LogP contribution in [0.4, 0.5) is 4.79 Å². The van der Waals surface area contributed by atoms with E-state index < -0.39 is 0 Å². The summed E-state index contributed by atoms with van der Waals surface area (Å²) in [5, 5.41) is 9.34. The Hall–Kier alpha value is -1.82. The van der Waals surface area contributed by atoms with Crippen molar-refractivity contribution >= 4 is 22.0 Å². The molecule has 1 unspecified atom stereocenters. The Labute approximate surface area is 125 Å². The van der Waals surface area contributed by atoms with Gasteiger partial charge >= 0.3 is 6.03 Å². The quantitative estimate of drug-likeness (QED) is 0.881. The minimum absolute atomic E-state index is 0.0495. The Bertz CT molecular complexity index is 540. The summed E-state index contributed by atoms with van der Waals surface area (Å²) < 4.78 is 5.74. The zero-order valence-corrected chi connectivity index (χ0v) is 12.7. The van der Waals surface area contributed by atoms with E-state index in [1.807, 2.05) is 31.2 Å². The highest BCUT2D eigenvalue weighted by molar-refractivity contribution is 9.10. The molecule has 1 heterocycles. The molecule has 0 aliphatic heterocycles. The van der Waals surface area contributed by atoms with E-state index in [4.69, 9.17) is 4.52 Å². The molecular weight excluding hydrogens is 322 g/mol. The second kappa shape index (κ2) is 7.09. The van der Waals surface area contributed by atoms with E-state index in [1.54, 1.807) is 6.07 Å². The van der Waals surface area contributed by atoms with Gasteiger partial charge in [-0.3, -0.25) is 0 Å². The molecule has 2 aromatic rings. The summed E-state index contributed by atoms with van der Waals surface area (Å²) >= 11 is 3.40. The number of nitrogens with one attached hydrogen (secondary N) is 2. The number of aromatic nitrogens is 1. The molecule has 1 aromatic carbocycles. The minimum Gasteiger partial charge on any atom is -0.364 e. The Morgan fingerprint density at radius 3 is 2.75 bits per heavy atom. The van der Waals surface area contributed by atoms with Crippen LogP contribution >= 0.6 is 15.9 Å². The summed E-state index contributed by atoms with van der Waals surface area (Å²) in [5.41, 5.74) is 1.87. The number of hydrogen-bond donors (Lipinski definition) is 2. The lowest BCUT2D eigenvalue weighted by Crippen LogP contribution is -2.41. The van der Waals surface area contributed by atoms with Crippen LogP contribution in [0.2, 0.25) is 0 Å². The number of rotatable bonds is 5. The Balaban J connectivity index is 1.74. The molecule has 1 atom stereocenters. The minimum atomic E-state index is -0.211. The number of nitrogens with zero attached hydrogens (tertiary/aromatic N) is 1. The summed E-state index contributed by atoms with van der Waals surface area (Å²) in [6.07, 6.45) is 2.26. The van der Waals surface area contributed by atoms with Crippen molar-refractivity contribution in [1.82, 2.24) is 15.8 Å². The first kappa shape index (κ1) is 14.6. The molecule has 5 nitrogen and oxygen atoms in total. The largest absolute Gasteiger partial charge is 0.364 e. The molecule has 1 aromatic heterocycles. The van der Waals surface area contributed by atoms with Crippen LogP contribution in [0.3, 0.4) is 0 Å². The molecule has 0 radical (unpaired) electrons. The van der Waals surface area contributed by atoms with Crippen molar-refractivity contribution < 1.29 is 9.32 Å². The van der Waals surface area contributed by atoms with Gasteiger partial charge < -0.3 is 15.2 Å². The molecule has 6 heteroatoms. The first-order valence-electron chi connectivity index (χ1n) is 6.31. The third kappa shape index (κ3) is 4.70. The Morgan fingerprint density at radius 2 is 2.10 bits per heavy atom. The predicted octanol–water partition coefficient (Wildman–Crippen LogP) is 2.87. The van der Waals surface area contributed by atoms with Gasteiger partial charge in [0.05, 0.1) is 6.54 Å². The number of amides is 2. The van der Waals surface area contributed by atoms with Crippen molar-refractivity contribution in [3.63, 3.8) is 0 Å². The number of urea groups is 1. The van der Waals surface area contributed by atoms with Gasteiger partial charge in [-0.1, -0.05) is 33.2 Å². The van der Waals surface area contributed by atoms with Gasteiger partial charge in [0.25, 0.3) is 0 Å². The van der Waals surface area contributed by atoms with Crippen molar-refractivity contribution in [3.8, 4) is 0 Å². The van der Waals surface area contributed by atoms with Crippen LogP contribution < -0.4 is 10.6 Å². The van der Waals surface area contributed by atoms with Gasteiger partial charge in [-0.05, 0) is 31.0 Å². The van der Waals surface area contributed by atoms with Crippen LogP contribution in [0, 0.1) is 0 Å². The third-order valence-corrected chi connectivity index (χ3v) is 3.28. The number of benzene rings is 1. The van der Waals surface area contributed by atoms with Crippen LogP contribution in [0.1, 0.15) is 18.2 Å². The van der Waals surface area contributed by atoms with Crippen LogP contribution in [0.5, 0.6) is 0 Å². The molecule has 0 saturated carbocycles. The lowest BCUT2D eigenvalue weighted by molar-refractivity contribution is 0.237. The topological polar surface area (TPSA) is 67.2 Å². The molecule has 0 fully saturated rings. The van der Waals surface area contributed by atoms with Gasteiger partial charge in [0.1, 0.15) is 12.0 Å². The smallest absolute Gasteiger partial charge is 0.315 e. The maximum Gasteiger partial charge on any atom is 0.315 e. The van der Waals surface area contributed by atoms with E-state index in [0.29, 0.717) is 12.2 Å². The molecule has 0 aliphatic carbocycles. The lowest BCUT2D eigenvalue weighted by Gasteiger charge is -2.14. The van der Waals surface area contributed by atoms with Crippen molar-refractivity contribution in [3.05, 3.63) is 52.3 Å². The zero-order chi connectivity index (χ0) is 14.4. The third-order valence-electron chi connectivity index (χ3n) is 2.75. The maximum atomic E-state index is 11.7.